The van der Waals surface area contributed by atoms with Crippen molar-refractivity contribution in [1.82, 2.24) is 15.2 Å². The van der Waals surface area contributed by atoms with E-state index in [0.717, 1.165) is 5.75 Å². The molecule has 1 aromatic rings. The van der Waals surface area contributed by atoms with Crippen molar-refractivity contribution in [3.8, 4) is 5.75 Å². The Balaban J connectivity index is 2.23. The minimum absolute atomic E-state index is 0.0589. The summed E-state index contributed by atoms with van der Waals surface area (Å²) in [4.78, 5) is 6.94. The van der Waals surface area contributed by atoms with Gasteiger partial charge in [0.1, 0.15) is 5.75 Å². The summed E-state index contributed by atoms with van der Waals surface area (Å²) in [5.74, 6) is 0.847. The predicted octanol–water partition coefficient (Wildman–Crippen LogP) is 3.00. The first-order valence-electron chi connectivity index (χ1n) is 7.99. The fraction of sp³-hybridized carbons (Fsp3) is 0.706. The van der Waals surface area contributed by atoms with Gasteiger partial charge in [-0.15, -0.1) is 0 Å². The van der Waals surface area contributed by atoms with Gasteiger partial charge in [0.15, 0.2) is 0 Å². The summed E-state index contributed by atoms with van der Waals surface area (Å²) in [7, 11) is 2.03. The first-order chi connectivity index (χ1) is 9.95. The highest BCUT2D eigenvalue weighted by Crippen LogP contribution is 2.34. The van der Waals surface area contributed by atoms with Crippen molar-refractivity contribution >= 4 is 0 Å². The molecule has 0 aromatic carbocycles. The molecule has 0 bridgehead atoms. The van der Waals surface area contributed by atoms with Gasteiger partial charge in [-0.3, -0.25) is 9.88 Å². The van der Waals surface area contributed by atoms with E-state index in [4.69, 9.17) is 4.74 Å². The van der Waals surface area contributed by atoms with Crippen LogP contribution in [0.1, 0.15) is 52.1 Å². The molecule has 0 amide bonds. The summed E-state index contributed by atoms with van der Waals surface area (Å²) < 4.78 is 5.78. The molecule has 0 aliphatic carbocycles. The first-order valence-corrected chi connectivity index (χ1v) is 7.99. The van der Waals surface area contributed by atoms with Gasteiger partial charge in [0.2, 0.25) is 0 Å². The van der Waals surface area contributed by atoms with Crippen LogP contribution in [0.3, 0.4) is 0 Å². The van der Waals surface area contributed by atoms with E-state index in [9.17, 15) is 0 Å². The van der Waals surface area contributed by atoms with E-state index in [2.05, 4.69) is 35.1 Å². The molecule has 1 saturated heterocycles. The number of nitrogens with one attached hydrogen (secondary N) is 1. The van der Waals surface area contributed by atoms with E-state index in [-0.39, 0.29) is 17.7 Å². The monoisotopic (exact) mass is 291 g/mol. The van der Waals surface area contributed by atoms with Gasteiger partial charge < -0.3 is 10.1 Å². The van der Waals surface area contributed by atoms with Crippen LogP contribution in [0, 0.1) is 0 Å². The quantitative estimate of drug-likeness (QED) is 0.874. The summed E-state index contributed by atoms with van der Waals surface area (Å²) in [6.07, 6.45) is 6.51. The van der Waals surface area contributed by atoms with Gasteiger partial charge in [0.25, 0.3) is 0 Å². The van der Waals surface area contributed by atoms with Crippen LogP contribution in [0.2, 0.25) is 0 Å². The molecule has 1 aromatic heterocycles. The Kier molecular flexibility index (Phi) is 5.22. The summed E-state index contributed by atoms with van der Waals surface area (Å²) in [5, 5.41) is 3.48. The van der Waals surface area contributed by atoms with Gasteiger partial charge in [-0.2, -0.15) is 0 Å². The molecule has 1 aliphatic rings. The van der Waals surface area contributed by atoms with Gasteiger partial charge in [-0.25, -0.2) is 0 Å². The largest absolute Gasteiger partial charge is 0.489 e. The summed E-state index contributed by atoms with van der Waals surface area (Å²) in [6, 6.07) is 2.35. The van der Waals surface area contributed by atoms with E-state index in [1.54, 1.807) is 6.20 Å². The molecular weight excluding hydrogens is 262 g/mol. The van der Waals surface area contributed by atoms with E-state index in [1.165, 1.54) is 31.5 Å². The Morgan fingerprint density at radius 1 is 1.24 bits per heavy atom. The molecule has 4 heteroatoms. The molecule has 1 N–H and O–H groups in total. The maximum atomic E-state index is 5.78. The number of pyridine rings is 1. The molecule has 118 valence electrons. The molecule has 21 heavy (non-hydrogen) atoms. The topological polar surface area (TPSA) is 37.4 Å². The standard InChI is InChI=1S/C17H29N3O/c1-13(2)21-15-10-14(11-19-12-15)16(18-5)17(3,4)20-8-6-7-9-20/h10-13,16,18H,6-9H2,1-5H3. The normalized spacial score (nSPS) is 18.2. The van der Waals surface area contributed by atoms with Gasteiger partial charge in [-0.1, -0.05) is 0 Å². The fourth-order valence-electron chi connectivity index (χ4n) is 3.33. The predicted molar refractivity (Wildman–Crippen MR) is 86.7 cm³/mol. The molecule has 4 nitrogen and oxygen atoms in total. The minimum atomic E-state index is 0.0589. The van der Waals surface area contributed by atoms with Crippen LogP contribution in [0.15, 0.2) is 18.5 Å². The average Bonchev–Trinajstić information content (AvgIpc) is 2.93. The van der Waals surface area contributed by atoms with Crippen LogP contribution in [0.25, 0.3) is 0 Å². The lowest BCUT2D eigenvalue weighted by Crippen LogP contribution is -2.50. The zero-order valence-electron chi connectivity index (χ0n) is 14.0. The fourth-order valence-corrected chi connectivity index (χ4v) is 3.33. The summed E-state index contributed by atoms with van der Waals surface area (Å²) >= 11 is 0. The number of likely N-dealkylation sites (tertiary alicyclic amines) is 1. The Labute approximate surface area is 128 Å². The highest BCUT2D eigenvalue weighted by atomic mass is 16.5. The third kappa shape index (κ3) is 3.74. The molecule has 2 rings (SSSR count). The van der Waals surface area contributed by atoms with Crippen LogP contribution < -0.4 is 10.1 Å². The summed E-state index contributed by atoms with van der Waals surface area (Å²) in [5.41, 5.74) is 1.25. The van der Waals surface area contributed by atoms with Gasteiger partial charge >= 0.3 is 0 Å². The molecule has 1 fully saturated rings. The van der Waals surface area contributed by atoms with E-state index < -0.39 is 0 Å². The number of likely N-dealkylation sites (N-methyl/N-ethyl adjacent to an activating group) is 1. The van der Waals surface area contributed by atoms with Crippen molar-refractivity contribution < 1.29 is 4.74 Å². The Morgan fingerprint density at radius 3 is 2.48 bits per heavy atom. The molecule has 0 spiro atoms. The van der Waals surface area contributed by atoms with Crippen LogP contribution in [0.5, 0.6) is 5.75 Å². The third-order valence-corrected chi connectivity index (χ3v) is 4.36. The van der Waals surface area contributed by atoms with Crippen molar-refractivity contribution in [2.24, 2.45) is 0 Å². The summed E-state index contributed by atoms with van der Waals surface area (Å²) in [6.45, 7) is 11.1. The van der Waals surface area contributed by atoms with Crippen molar-refractivity contribution in [2.75, 3.05) is 20.1 Å². The number of hydrogen-bond acceptors (Lipinski definition) is 4. The van der Waals surface area contributed by atoms with Crippen molar-refractivity contribution in [2.45, 2.75) is 58.2 Å². The van der Waals surface area contributed by atoms with Crippen LogP contribution in [0.4, 0.5) is 0 Å². The van der Waals surface area contributed by atoms with Crippen LogP contribution in [-0.2, 0) is 0 Å². The Bertz CT molecular complexity index is 453. The van der Waals surface area contributed by atoms with E-state index in [0.29, 0.717) is 0 Å². The van der Waals surface area contributed by atoms with Crippen molar-refractivity contribution in [3.63, 3.8) is 0 Å². The van der Waals surface area contributed by atoms with Crippen molar-refractivity contribution in [3.05, 3.63) is 24.0 Å². The number of hydrogen-bond donors (Lipinski definition) is 1. The molecule has 1 atom stereocenters. The second-order valence-electron chi connectivity index (χ2n) is 6.69. The minimum Gasteiger partial charge on any atom is -0.489 e. The van der Waals surface area contributed by atoms with Crippen molar-refractivity contribution in [1.29, 1.82) is 0 Å². The van der Waals surface area contributed by atoms with Gasteiger partial charge in [0, 0.05) is 11.7 Å². The lowest BCUT2D eigenvalue weighted by molar-refractivity contribution is 0.110. The van der Waals surface area contributed by atoms with Gasteiger partial charge in [0.05, 0.1) is 18.3 Å². The second kappa shape index (κ2) is 6.75. The number of rotatable bonds is 6. The SMILES string of the molecule is CNC(c1cncc(OC(C)C)c1)C(C)(C)N1CCCC1. The maximum absolute atomic E-state index is 5.78. The molecule has 1 aliphatic heterocycles. The molecule has 1 unspecified atom stereocenters. The van der Waals surface area contributed by atoms with Crippen LogP contribution in [-0.4, -0.2) is 41.7 Å². The Morgan fingerprint density at radius 2 is 1.90 bits per heavy atom. The number of aromatic nitrogens is 1. The molecular formula is C17H29N3O. The highest BCUT2D eigenvalue weighted by molar-refractivity contribution is 5.28. The lowest BCUT2D eigenvalue weighted by atomic mass is 9.88. The van der Waals surface area contributed by atoms with E-state index >= 15 is 0 Å². The second-order valence-corrected chi connectivity index (χ2v) is 6.69. The number of ether oxygens (including phenoxy) is 1. The molecule has 0 saturated carbocycles. The number of nitrogens with zero attached hydrogens (tertiary/aromatic N) is 2. The van der Waals surface area contributed by atoms with E-state index in [1.807, 2.05) is 27.1 Å². The van der Waals surface area contributed by atoms with Crippen LogP contribution >= 0.6 is 0 Å². The Hall–Kier alpha value is -1.13. The average molecular weight is 291 g/mol. The molecule has 0 radical (unpaired) electrons. The lowest BCUT2D eigenvalue weighted by Gasteiger charge is -2.42. The molecule has 2 heterocycles. The highest BCUT2D eigenvalue weighted by Gasteiger charge is 2.37. The zero-order chi connectivity index (χ0) is 15.5. The van der Waals surface area contributed by atoms with Gasteiger partial charge in [-0.05, 0) is 72.3 Å². The zero-order valence-corrected chi connectivity index (χ0v) is 14.0. The third-order valence-electron chi connectivity index (χ3n) is 4.36. The smallest absolute Gasteiger partial charge is 0.138 e. The maximum Gasteiger partial charge on any atom is 0.138 e. The first kappa shape index (κ1) is 16.2.